The maximum absolute atomic E-state index is 12.4. The maximum atomic E-state index is 12.4. The second-order valence-corrected chi connectivity index (χ2v) is 5.95. The molecule has 0 aromatic heterocycles. The van der Waals surface area contributed by atoms with E-state index in [0.29, 0.717) is 24.7 Å². The molecule has 2 atom stereocenters. The number of hydrogen-bond acceptors (Lipinski definition) is 3. The van der Waals surface area contributed by atoms with E-state index in [4.69, 9.17) is 0 Å². The van der Waals surface area contributed by atoms with E-state index < -0.39 is 5.76 Å². The number of aliphatic hydroxyl groups excluding tert-OH is 1. The molecular formula is C14H17F2NO2S. The fraction of sp³-hybridized carbons (Fsp3) is 0.500. The summed E-state index contributed by atoms with van der Waals surface area (Å²) in [5, 5.41) is 12.2. The zero-order valence-corrected chi connectivity index (χ0v) is 11.7. The van der Waals surface area contributed by atoms with Crippen LogP contribution in [0.2, 0.25) is 0 Å². The third-order valence-electron chi connectivity index (χ3n) is 3.41. The maximum Gasteiger partial charge on any atom is 0.288 e. The van der Waals surface area contributed by atoms with Gasteiger partial charge in [-0.25, -0.2) is 0 Å². The summed E-state index contributed by atoms with van der Waals surface area (Å²) in [7, 11) is 0. The van der Waals surface area contributed by atoms with E-state index in [1.807, 2.05) is 0 Å². The number of amides is 1. The van der Waals surface area contributed by atoms with Crippen LogP contribution in [0.5, 0.6) is 0 Å². The number of halogens is 2. The molecule has 0 radical (unpaired) electrons. The highest BCUT2D eigenvalue weighted by Crippen LogP contribution is 2.29. The number of benzene rings is 1. The highest BCUT2D eigenvalue weighted by atomic mass is 32.2. The largest absolute Gasteiger partial charge is 0.393 e. The molecule has 1 aliphatic carbocycles. The molecule has 0 saturated heterocycles. The monoisotopic (exact) mass is 301 g/mol. The molecule has 1 amide bonds. The van der Waals surface area contributed by atoms with Gasteiger partial charge >= 0.3 is 0 Å². The van der Waals surface area contributed by atoms with Gasteiger partial charge < -0.3 is 10.4 Å². The van der Waals surface area contributed by atoms with Crippen molar-refractivity contribution in [2.45, 2.75) is 36.0 Å². The first-order valence-electron chi connectivity index (χ1n) is 6.56. The van der Waals surface area contributed by atoms with Crippen molar-refractivity contribution in [1.82, 2.24) is 5.32 Å². The van der Waals surface area contributed by atoms with E-state index in [0.717, 1.165) is 12.8 Å². The summed E-state index contributed by atoms with van der Waals surface area (Å²) in [4.78, 5) is 12.3. The van der Waals surface area contributed by atoms with Crippen LogP contribution in [-0.4, -0.2) is 29.4 Å². The molecule has 1 aromatic rings. The van der Waals surface area contributed by atoms with Crippen LogP contribution in [0.3, 0.4) is 0 Å². The molecular weight excluding hydrogens is 284 g/mol. The molecule has 1 aliphatic rings. The molecule has 6 heteroatoms. The van der Waals surface area contributed by atoms with Gasteiger partial charge in [0.05, 0.1) is 11.7 Å². The number of hydrogen-bond donors (Lipinski definition) is 2. The van der Waals surface area contributed by atoms with Gasteiger partial charge in [0.15, 0.2) is 0 Å². The number of nitrogens with one attached hydrogen (secondary N) is 1. The first-order valence-corrected chi connectivity index (χ1v) is 7.44. The number of carbonyl (C=O) groups excluding carboxylic acids is 1. The Hall–Kier alpha value is -1.14. The van der Waals surface area contributed by atoms with Crippen molar-refractivity contribution >= 4 is 17.7 Å². The lowest BCUT2D eigenvalue weighted by molar-refractivity contribution is 0.0942. The van der Waals surface area contributed by atoms with Crippen molar-refractivity contribution in [3.8, 4) is 0 Å². The van der Waals surface area contributed by atoms with E-state index in [1.165, 1.54) is 6.07 Å². The van der Waals surface area contributed by atoms with Crippen LogP contribution < -0.4 is 5.32 Å². The lowest BCUT2D eigenvalue weighted by Crippen LogP contribution is -2.29. The van der Waals surface area contributed by atoms with E-state index in [2.05, 4.69) is 5.32 Å². The third-order valence-corrected chi connectivity index (χ3v) is 4.20. The van der Waals surface area contributed by atoms with Crippen molar-refractivity contribution < 1.29 is 18.7 Å². The van der Waals surface area contributed by atoms with Crippen molar-refractivity contribution in [2.75, 3.05) is 6.54 Å². The highest BCUT2D eigenvalue weighted by molar-refractivity contribution is 7.99. The van der Waals surface area contributed by atoms with Crippen LogP contribution in [0.4, 0.5) is 8.78 Å². The first-order chi connectivity index (χ1) is 9.56. The molecule has 2 rings (SSSR count). The van der Waals surface area contributed by atoms with E-state index in [-0.39, 0.29) is 28.4 Å². The fourth-order valence-electron chi connectivity index (χ4n) is 2.42. The lowest BCUT2D eigenvalue weighted by atomic mass is 10.1. The van der Waals surface area contributed by atoms with E-state index in [9.17, 15) is 18.7 Å². The third kappa shape index (κ3) is 4.18. The second-order valence-electron chi connectivity index (χ2n) is 4.92. The molecule has 3 nitrogen and oxygen atoms in total. The van der Waals surface area contributed by atoms with Gasteiger partial charge in [-0.1, -0.05) is 23.9 Å². The quantitative estimate of drug-likeness (QED) is 0.822. The molecule has 20 heavy (non-hydrogen) atoms. The molecule has 0 bridgehead atoms. The Morgan fingerprint density at radius 1 is 1.40 bits per heavy atom. The Labute approximate surface area is 120 Å². The first kappa shape index (κ1) is 15.3. The van der Waals surface area contributed by atoms with Crippen LogP contribution >= 0.6 is 11.8 Å². The van der Waals surface area contributed by atoms with Gasteiger partial charge in [-0.15, -0.1) is 0 Å². The Morgan fingerprint density at radius 2 is 2.15 bits per heavy atom. The highest BCUT2D eigenvalue weighted by Gasteiger charge is 2.23. The smallest absolute Gasteiger partial charge is 0.288 e. The SMILES string of the molecule is O=C(NCC1CCC(O)C1)c1ccccc1SC(F)F. The molecule has 1 fully saturated rings. The zero-order valence-electron chi connectivity index (χ0n) is 10.9. The molecule has 110 valence electrons. The van der Waals surface area contributed by atoms with Crippen LogP contribution in [0.25, 0.3) is 0 Å². The van der Waals surface area contributed by atoms with Gasteiger partial charge in [0.2, 0.25) is 0 Å². The molecule has 1 saturated carbocycles. The molecule has 0 spiro atoms. The molecule has 0 heterocycles. The predicted octanol–water partition coefficient (Wildman–Crippen LogP) is 2.89. The zero-order chi connectivity index (χ0) is 14.5. The van der Waals surface area contributed by atoms with Gasteiger partial charge in [0.1, 0.15) is 0 Å². The molecule has 2 N–H and O–H groups in total. The van der Waals surface area contributed by atoms with Gasteiger partial charge in [0.25, 0.3) is 11.7 Å². The van der Waals surface area contributed by atoms with Crippen molar-refractivity contribution in [1.29, 1.82) is 0 Å². The van der Waals surface area contributed by atoms with Gasteiger partial charge in [-0.2, -0.15) is 8.78 Å². The normalized spacial score (nSPS) is 22.2. The lowest BCUT2D eigenvalue weighted by Gasteiger charge is -2.12. The Kier molecular flexibility index (Phi) is 5.37. The fourth-order valence-corrected chi connectivity index (χ4v) is 3.06. The molecule has 1 aromatic carbocycles. The van der Waals surface area contributed by atoms with Crippen LogP contribution in [0.1, 0.15) is 29.6 Å². The molecule has 0 aliphatic heterocycles. The Morgan fingerprint density at radius 3 is 2.80 bits per heavy atom. The topological polar surface area (TPSA) is 49.3 Å². The average Bonchev–Trinajstić information content (AvgIpc) is 2.82. The minimum atomic E-state index is -2.55. The molecule has 2 unspecified atom stereocenters. The summed E-state index contributed by atoms with van der Waals surface area (Å²) in [5.74, 6) is -2.62. The van der Waals surface area contributed by atoms with Crippen molar-refractivity contribution in [3.63, 3.8) is 0 Å². The number of aliphatic hydroxyl groups is 1. The minimum absolute atomic E-state index is 0.267. The summed E-state index contributed by atoms with van der Waals surface area (Å²) in [6.07, 6.45) is 2.06. The number of rotatable bonds is 5. The van der Waals surface area contributed by atoms with Crippen molar-refractivity contribution in [3.05, 3.63) is 29.8 Å². The standard InChI is InChI=1S/C14H17F2NO2S/c15-14(16)20-12-4-2-1-3-11(12)13(19)17-8-9-5-6-10(18)7-9/h1-4,9-10,14,18H,5-8H2,(H,17,19). The van der Waals surface area contributed by atoms with Gasteiger partial charge in [0, 0.05) is 11.4 Å². The second kappa shape index (κ2) is 7.04. The predicted molar refractivity (Wildman–Crippen MR) is 74.0 cm³/mol. The summed E-state index contributed by atoms with van der Waals surface area (Å²) in [6.45, 7) is 0.476. The minimum Gasteiger partial charge on any atom is -0.393 e. The Balaban J connectivity index is 1.95. The van der Waals surface area contributed by atoms with Gasteiger partial charge in [-0.3, -0.25) is 4.79 Å². The van der Waals surface area contributed by atoms with Crippen LogP contribution in [0.15, 0.2) is 29.2 Å². The van der Waals surface area contributed by atoms with Gasteiger partial charge in [-0.05, 0) is 37.3 Å². The average molecular weight is 301 g/mol. The number of alkyl halides is 2. The Bertz CT molecular complexity index is 470. The van der Waals surface area contributed by atoms with Crippen LogP contribution in [0, 0.1) is 5.92 Å². The number of carbonyl (C=O) groups is 1. The van der Waals surface area contributed by atoms with E-state index >= 15 is 0 Å². The summed E-state index contributed by atoms with van der Waals surface area (Å²) < 4.78 is 24.9. The van der Waals surface area contributed by atoms with Crippen molar-refractivity contribution in [2.24, 2.45) is 5.92 Å². The van der Waals surface area contributed by atoms with E-state index in [1.54, 1.807) is 18.2 Å². The summed E-state index contributed by atoms with van der Waals surface area (Å²) in [5.41, 5.74) is 0.274. The van der Waals surface area contributed by atoms with Crippen LogP contribution in [-0.2, 0) is 0 Å². The summed E-state index contributed by atoms with van der Waals surface area (Å²) in [6, 6.07) is 6.35. The number of thioether (sulfide) groups is 1. The summed E-state index contributed by atoms with van der Waals surface area (Å²) >= 11 is 0.378.